The number of pyridine rings is 1. The second kappa shape index (κ2) is 6.71. The number of nitrogens with one attached hydrogen (secondary N) is 1. The molecular weight excluding hydrogens is 282 g/mol. The van der Waals surface area contributed by atoms with Crippen molar-refractivity contribution in [3.05, 3.63) is 64.1 Å². The Morgan fingerprint density at radius 2 is 1.95 bits per heavy atom. The van der Waals surface area contributed by atoms with Gasteiger partial charge in [0, 0.05) is 36.5 Å². The lowest BCUT2D eigenvalue weighted by atomic mass is 10.1. The minimum atomic E-state index is -0.538. The molecule has 114 valence electrons. The molecule has 0 atom stereocenters. The molecule has 1 aromatic heterocycles. The molecular formula is C16H17N3O3. The lowest BCUT2D eigenvalue weighted by Crippen LogP contribution is -2.22. The van der Waals surface area contributed by atoms with Gasteiger partial charge in [-0.1, -0.05) is 12.1 Å². The van der Waals surface area contributed by atoms with Crippen molar-refractivity contribution in [1.82, 2.24) is 4.57 Å². The van der Waals surface area contributed by atoms with Crippen LogP contribution < -0.4 is 16.6 Å². The maximum absolute atomic E-state index is 12.0. The van der Waals surface area contributed by atoms with Gasteiger partial charge >= 0.3 is 0 Å². The average molecular weight is 299 g/mol. The summed E-state index contributed by atoms with van der Waals surface area (Å²) in [5.41, 5.74) is 6.67. The molecule has 0 aliphatic rings. The Morgan fingerprint density at radius 3 is 2.64 bits per heavy atom. The van der Waals surface area contributed by atoms with Crippen molar-refractivity contribution in [1.29, 1.82) is 0 Å². The lowest BCUT2D eigenvalue weighted by molar-refractivity contribution is -0.116. The van der Waals surface area contributed by atoms with Gasteiger partial charge in [0.2, 0.25) is 11.8 Å². The molecule has 0 aliphatic carbocycles. The van der Waals surface area contributed by atoms with E-state index < -0.39 is 5.91 Å². The normalized spacial score (nSPS) is 10.2. The Morgan fingerprint density at radius 1 is 1.18 bits per heavy atom. The van der Waals surface area contributed by atoms with Crippen molar-refractivity contribution in [3.63, 3.8) is 0 Å². The summed E-state index contributed by atoms with van der Waals surface area (Å²) < 4.78 is 1.46. The molecule has 0 unspecified atom stereocenters. The van der Waals surface area contributed by atoms with Crippen LogP contribution in [-0.2, 0) is 11.3 Å². The van der Waals surface area contributed by atoms with E-state index >= 15 is 0 Å². The van der Waals surface area contributed by atoms with E-state index in [1.165, 1.54) is 10.6 Å². The second-order valence-electron chi connectivity index (χ2n) is 4.87. The van der Waals surface area contributed by atoms with Crippen molar-refractivity contribution in [3.8, 4) is 0 Å². The maximum atomic E-state index is 12.0. The third-order valence-electron chi connectivity index (χ3n) is 3.35. The number of benzene rings is 1. The van der Waals surface area contributed by atoms with Gasteiger partial charge in [-0.2, -0.15) is 0 Å². The van der Waals surface area contributed by atoms with Crippen molar-refractivity contribution in [2.75, 3.05) is 5.32 Å². The third kappa shape index (κ3) is 3.60. The smallest absolute Gasteiger partial charge is 0.250 e. The summed E-state index contributed by atoms with van der Waals surface area (Å²) >= 11 is 0. The largest absolute Gasteiger partial charge is 0.366 e. The topological polar surface area (TPSA) is 94.2 Å². The number of hydrogen-bond acceptors (Lipinski definition) is 3. The highest BCUT2D eigenvalue weighted by molar-refractivity contribution is 5.98. The summed E-state index contributed by atoms with van der Waals surface area (Å²) in [6, 6.07) is 9.80. The summed E-state index contributed by atoms with van der Waals surface area (Å²) in [4.78, 5) is 34.8. The molecule has 1 heterocycles. The summed E-state index contributed by atoms with van der Waals surface area (Å²) in [7, 11) is 0. The van der Waals surface area contributed by atoms with E-state index in [1.54, 1.807) is 43.5 Å². The fraction of sp³-hybridized carbons (Fsp3) is 0.188. The Balaban J connectivity index is 2.04. The molecule has 6 heteroatoms. The molecule has 0 saturated heterocycles. The fourth-order valence-electron chi connectivity index (χ4n) is 2.12. The SMILES string of the molecule is Cc1c(NC(=O)CCn2ccccc2=O)cccc1C(N)=O. The van der Waals surface area contributed by atoms with Gasteiger partial charge in [-0.25, -0.2) is 0 Å². The lowest BCUT2D eigenvalue weighted by Gasteiger charge is -2.11. The fourth-order valence-corrected chi connectivity index (χ4v) is 2.12. The van der Waals surface area contributed by atoms with Gasteiger partial charge in [0.1, 0.15) is 0 Å². The highest BCUT2D eigenvalue weighted by Crippen LogP contribution is 2.18. The van der Waals surface area contributed by atoms with Crippen LogP contribution in [0.25, 0.3) is 0 Å². The van der Waals surface area contributed by atoms with Crippen LogP contribution in [0.1, 0.15) is 22.3 Å². The van der Waals surface area contributed by atoms with Gasteiger partial charge in [-0.3, -0.25) is 14.4 Å². The number of aryl methyl sites for hydroxylation is 1. The first-order valence-corrected chi connectivity index (χ1v) is 6.84. The molecule has 2 rings (SSSR count). The van der Waals surface area contributed by atoms with E-state index in [-0.39, 0.29) is 17.9 Å². The molecule has 0 radical (unpaired) electrons. The van der Waals surface area contributed by atoms with E-state index in [0.717, 1.165) is 0 Å². The van der Waals surface area contributed by atoms with Gasteiger partial charge < -0.3 is 15.6 Å². The number of nitrogens with zero attached hydrogens (tertiary/aromatic N) is 1. The van der Waals surface area contributed by atoms with Crippen LogP contribution in [0.3, 0.4) is 0 Å². The van der Waals surface area contributed by atoms with Gasteiger partial charge in [0.15, 0.2) is 0 Å². The molecule has 22 heavy (non-hydrogen) atoms. The number of anilines is 1. The number of carbonyl (C=O) groups is 2. The summed E-state index contributed by atoms with van der Waals surface area (Å²) in [6.07, 6.45) is 1.79. The number of amides is 2. The van der Waals surface area contributed by atoms with Gasteiger partial charge in [0.25, 0.3) is 5.56 Å². The van der Waals surface area contributed by atoms with Crippen LogP contribution in [0.5, 0.6) is 0 Å². The number of nitrogens with two attached hydrogens (primary N) is 1. The Bertz CT molecular complexity index is 765. The maximum Gasteiger partial charge on any atom is 0.250 e. The number of aromatic nitrogens is 1. The second-order valence-corrected chi connectivity index (χ2v) is 4.87. The number of hydrogen-bond donors (Lipinski definition) is 2. The average Bonchev–Trinajstić information content (AvgIpc) is 2.48. The molecule has 0 bridgehead atoms. The summed E-state index contributed by atoms with van der Waals surface area (Å²) in [6.45, 7) is 2.01. The minimum absolute atomic E-state index is 0.151. The Kier molecular flexibility index (Phi) is 4.73. The van der Waals surface area contributed by atoms with Crippen LogP contribution in [0.15, 0.2) is 47.4 Å². The zero-order chi connectivity index (χ0) is 16.1. The first kappa shape index (κ1) is 15.5. The van der Waals surface area contributed by atoms with Crippen LogP contribution in [0, 0.1) is 6.92 Å². The molecule has 3 N–H and O–H groups in total. The molecule has 1 aromatic carbocycles. The van der Waals surface area contributed by atoms with E-state index in [1.807, 2.05) is 0 Å². The molecule has 0 saturated carbocycles. The molecule has 0 fully saturated rings. The first-order chi connectivity index (χ1) is 10.5. The molecule has 2 amide bonds. The van der Waals surface area contributed by atoms with Crippen LogP contribution in [0.4, 0.5) is 5.69 Å². The zero-order valence-electron chi connectivity index (χ0n) is 12.2. The quantitative estimate of drug-likeness (QED) is 0.871. The number of primary amides is 1. The standard InChI is InChI=1S/C16H17N3O3/c1-11-12(16(17)22)5-4-6-13(11)18-14(20)8-10-19-9-3-2-7-15(19)21/h2-7,9H,8,10H2,1H3,(H2,17,22)(H,18,20). The van der Waals surface area contributed by atoms with E-state index in [9.17, 15) is 14.4 Å². The number of carbonyl (C=O) groups excluding carboxylic acids is 2. The highest BCUT2D eigenvalue weighted by Gasteiger charge is 2.10. The Labute approximate surface area is 127 Å². The summed E-state index contributed by atoms with van der Waals surface area (Å²) in [5.74, 6) is -0.773. The predicted octanol–water partition coefficient (Wildman–Crippen LogP) is 1.28. The third-order valence-corrected chi connectivity index (χ3v) is 3.35. The molecule has 2 aromatic rings. The van der Waals surface area contributed by atoms with Crippen molar-refractivity contribution in [2.45, 2.75) is 19.9 Å². The van der Waals surface area contributed by atoms with Crippen molar-refractivity contribution < 1.29 is 9.59 Å². The first-order valence-electron chi connectivity index (χ1n) is 6.84. The molecule has 6 nitrogen and oxygen atoms in total. The van der Waals surface area contributed by atoms with Gasteiger partial charge in [-0.15, -0.1) is 0 Å². The number of rotatable bonds is 5. The predicted molar refractivity (Wildman–Crippen MR) is 83.6 cm³/mol. The molecule has 0 aliphatic heterocycles. The van der Waals surface area contributed by atoms with Crippen LogP contribution in [0.2, 0.25) is 0 Å². The van der Waals surface area contributed by atoms with Gasteiger partial charge in [0.05, 0.1) is 0 Å². The van der Waals surface area contributed by atoms with Crippen molar-refractivity contribution in [2.24, 2.45) is 5.73 Å². The van der Waals surface area contributed by atoms with Crippen molar-refractivity contribution >= 4 is 17.5 Å². The molecule has 0 spiro atoms. The van der Waals surface area contributed by atoms with E-state index in [0.29, 0.717) is 23.4 Å². The van der Waals surface area contributed by atoms with Crippen LogP contribution in [-0.4, -0.2) is 16.4 Å². The highest BCUT2D eigenvalue weighted by atomic mass is 16.2. The van der Waals surface area contributed by atoms with Crippen LogP contribution >= 0.6 is 0 Å². The monoisotopic (exact) mass is 299 g/mol. The minimum Gasteiger partial charge on any atom is -0.366 e. The Hall–Kier alpha value is -2.89. The van der Waals surface area contributed by atoms with E-state index in [2.05, 4.69) is 5.32 Å². The van der Waals surface area contributed by atoms with E-state index in [4.69, 9.17) is 5.73 Å². The summed E-state index contributed by atoms with van der Waals surface area (Å²) in [5, 5.41) is 2.73. The van der Waals surface area contributed by atoms with Gasteiger partial charge in [-0.05, 0) is 30.7 Å². The zero-order valence-corrected chi connectivity index (χ0v) is 12.2.